The zero-order chi connectivity index (χ0) is 17.6. The standard InChI is InChI=1S/C15H17N7O3/c1-9-18-13(19-25-9)11-4-3-5-22(11)12(23)7-21-8-16-14-10(15(21)24)6-17-20(14)2/h6,8,11H,3-5,7H2,1-2H3. The normalized spacial score (nSPS) is 17.5. The number of aromatic nitrogens is 6. The molecule has 130 valence electrons. The van der Waals surface area contributed by atoms with Crippen molar-refractivity contribution in [2.24, 2.45) is 7.05 Å². The van der Waals surface area contributed by atoms with E-state index < -0.39 is 0 Å². The molecule has 1 atom stereocenters. The average Bonchev–Trinajstić information content (AvgIpc) is 3.30. The highest BCUT2D eigenvalue weighted by Crippen LogP contribution is 2.30. The monoisotopic (exact) mass is 343 g/mol. The predicted molar refractivity (Wildman–Crippen MR) is 85.5 cm³/mol. The number of aryl methyl sites for hydroxylation is 2. The minimum atomic E-state index is -0.280. The molecule has 0 aliphatic carbocycles. The average molecular weight is 343 g/mol. The van der Waals surface area contributed by atoms with E-state index in [1.807, 2.05) is 0 Å². The molecule has 1 saturated heterocycles. The van der Waals surface area contributed by atoms with E-state index in [-0.39, 0.29) is 24.1 Å². The molecule has 10 nitrogen and oxygen atoms in total. The first-order valence-corrected chi connectivity index (χ1v) is 8.01. The highest BCUT2D eigenvalue weighted by molar-refractivity contribution is 5.78. The third kappa shape index (κ3) is 2.59. The molecule has 4 heterocycles. The van der Waals surface area contributed by atoms with Crippen LogP contribution in [0.3, 0.4) is 0 Å². The summed E-state index contributed by atoms with van der Waals surface area (Å²) < 4.78 is 7.85. The van der Waals surface area contributed by atoms with Crippen molar-refractivity contribution < 1.29 is 9.32 Å². The Balaban J connectivity index is 1.59. The van der Waals surface area contributed by atoms with Crippen LogP contribution in [0.5, 0.6) is 0 Å². The Morgan fingerprint density at radius 1 is 1.44 bits per heavy atom. The summed E-state index contributed by atoms with van der Waals surface area (Å²) in [7, 11) is 1.71. The van der Waals surface area contributed by atoms with Gasteiger partial charge in [0.15, 0.2) is 11.5 Å². The fourth-order valence-corrected chi connectivity index (χ4v) is 3.20. The van der Waals surface area contributed by atoms with Crippen LogP contribution in [0.25, 0.3) is 11.0 Å². The minimum Gasteiger partial charge on any atom is -0.340 e. The van der Waals surface area contributed by atoms with Gasteiger partial charge in [-0.2, -0.15) is 10.1 Å². The van der Waals surface area contributed by atoms with Crippen molar-refractivity contribution in [3.63, 3.8) is 0 Å². The molecule has 0 bridgehead atoms. The first kappa shape index (κ1) is 15.5. The van der Waals surface area contributed by atoms with E-state index in [9.17, 15) is 9.59 Å². The molecule has 4 rings (SSSR count). The van der Waals surface area contributed by atoms with E-state index in [2.05, 4.69) is 20.2 Å². The number of hydrogen-bond acceptors (Lipinski definition) is 7. The van der Waals surface area contributed by atoms with Gasteiger partial charge < -0.3 is 9.42 Å². The molecule has 25 heavy (non-hydrogen) atoms. The summed E-state index contributed by atoms with van der Waals surface area (Å²) in [5.41, 5.74) is 0.215. The molecule has 3 aromatic heterocycles. The van der Waals surface area contributed by atoms with Gasteiger partial charge in [-0.05, 0) is 12.8 Å². The van der Waals surface area contributed by atoms with Gasteiger partial charge in [-0.15, -0.1) is 0 Å². The fraction of sp³-hybridized carbons (Fsp3) is 0.467. The van der Waals surface area contributed by atoms with Crippen molar-refractivity contribution in [2.45, 2.75) is 32.4 Å². The van der Waals surface area contributed by atoms with E-state index in [1.165, 1.54) is 21.8 Å². The number of amides is 1. The van der Waals surface area contributed by atoms with Gasteiger partial charge in [0.25, 0.3) is 5.56 Å². The van der Waals surface area contributed by atoms with Crippen LogP contribution in [0.1, 0.15) is 30.6 Å². The molecule has 0 N–H and O–H groups in total. The molecular weight excluding hydrogens is 326 g/mol. The summed E-state index contributed by atoms with van der Waals surface area (Å²) in [4.78, 5) is 35.4. The van der Waals surface area contributed by atoms with Crippen LogP contribution in [-0.2, 0) is 18.4 Å². The van der Waals surface area contributed by atoms with Crippen molar-refractivity contribution in [3.8, 4) is 0 Å². The number of carbonyl (C=O) groups is 1. The molecule has 0 saturated carbocycles. The maximum atomic E-state index is 12.7. The van der Waals surface area contributed by atoms with Gasteiger partial charge in [0, 0.05) is 20.5 Å². The number of fused-ring (bicyclic) bond motifs is 1. The van der Waals surface area contributed by atoms with E-state index in [0.717, 1.165) is 12.8 Å². The van der Waals surface area contributed by atoms with Crippen LogP contribution in [0.15, 0.2) is 21.8 Å². The Bertz CT molecular complexity index is 1000. The lowest BCUT2D eigenvalue weighted by atomic mass is 10.2. The molecule has 1 aliphatic heterocycles. The smallest absolute Gasteiger partial charge is 0.264 e. The second-order valence-corrected chi connectivity index (χ2v) is 6.10. The summed E-state index contributed by atoms with van der Waals surface area (Å²) in [6.45, 7) is 2.24. The van der Waals surface area contributed by atoms with Gasteiger partial charge in [-0.25, -0.2) is 4.98 Å². The molecule has 0 radical (unpaired) electrons. The lowest BCUT2D eigenvalue weighted by molar-refractivity contribution is -0.133. The van der Waals surface area contributed by atoms with Crippen LogP contribution in [-0.4, -0.2) is 46.8 Å². The van der Waals surface area contributed by atoms with Crippen molar-refractivity contribution in [1.82, 2.24) is 34.4 Å². The molecule has 1 fully saturated rings. The van der Waals surface area contributed by atoms with Crippen molar-refractivity contribution in [2.75, 3.05) is 6.54 Å². The summed E-state index contributed by atoms with van der Waals surface area (Å²) in [6.07, 6.45) is 4.48. The SMILES string of the molecule is Cc1nc(C2CCCN2C(=O)Cn2cnc3c(cnn3C)c2=O)no1. The Labute approximate surface area is 142 Å². The predicted octanol–water partition coefficient (Wildman–Crippen LogP) is 0.185. The van der Waals surface area contributed by atoms with Crippen molar-refractivity contribution >= 4 is 16.9 Å². The largest absolute Gasteiger partial charge is 0.340 e. The van der Waals surface area contributed by atoms with E-state index in [1.54, 1.807) is 18.9 Å². The first-order chi connectivity index (χ1) is 12.0. The van der Waals surface area contributed by atoms with Gasteiger partial charge in [0.05, 0.1) is 12.2 Å². The van der Waals surface area contributed by atoms with E-state index >= 15 is 0 Å². The lowest BCUT2D eigenvalue weighted by Crippen LogP contribution is -2.36. The number of hydrogen-bond donors (Lipinski definition) is 0. The zero-order valence-corrected chi connectivity index (χ0v) is 13.9. The number of rotatable bonds is 3. The molecule has 10 heteroatoms. The second kappa shape index (κ2) is 5.80. The van der Waals surface area contributed by atoms with Gasteiger partial charge in [0.2, 0.25) is 11.8 Å². The molecule has 1 unspecified atom stereocenters. The minimum absolute atomic E-state index is 0.0794. The molecule has 0 aromatic carbocycles. The topological polar surface area (TPSA) is 112 Å². The summed E-state index contributed by atoms with van der Waals surface area (Å²) in [5, 5.41) is 8.35. The van der Waals surface area contributed by atoms with Gasteiger partial charge in [-0.3, -0.25) is 18.8 Å². The number of nitrogens with zero attached hydrogens (tertiary/aromatic N) is 7. The second-order valence-electron chi connectivity index (χ2n) is 6.10. The third-order valence-corrected chi connectivity index (χ3v) is 4.44. The quantitative estimate of drug-likeness (QED) is 0.667. The fourth-order valence-electron chi connectivity index (χ4n) is 3.20. The van der Waals surface area contributed by atoms with Crippen LogP contribution in [0, 0.1) is 6.92 Å². The Kier molecular flexibility index (Phi) is 3.59. The highest BCUT2D eigenvalue weighted by Gasteiger charge is 2.33. The maximum Gasteiger partial charge on any atom is 0.264 e. The maximum absolute atomic E-state index is 12.7. The van der Waals surface area contributed by atoms with Crippen LogP contribution >= 0.6 is 0 Å². The van der Waals surface area contributed by atoms with Crippen LogP contribution in [0.2, 0.25) is 0 Å². The molecule has 3 aromatic rings. The third-order valence-electron chi connectivity index (χ3n) is 4.44. The summed E-state index contributed by atoms with van der Waals surface area (Å²) in [5.74, 6) is 0.811. The first-order valence-electron chi connectivity index (χ1n) is 8.01. The molecule has 1 aliphatic rings. The summed E-state index contributed by atoms with van der Waals surface area (Å²) in [6, 6.07) is -0.212. The van der Waals surface area contributed by atoms with Crippen molar-refractivity contribution in [3.05, 3.63) is 34.6 Å². The Morgan fingerprint density at radius 2 is 2.28 bits per heavy atom. The van der Waals surface area contributed by atoms with Crippen molar-refractivity contribution in [1.29, 1.82) is 0 Å². The number of likely N-dealkylation sites (tertiary alicyclic amines) is 1. The highest BCUT2D eigenvalue weighted by atomic mass is 16.5. The van der Waals surface area contributed by atoms with Gasteiger partial charge >= 0.3 is 0 Å². The van der Waals surface area contributed by atoms with Crippen LogP contribution < -0.4 is 5.56 Å². The van der Waals surface area contributed by atoms with Gasteiger partial charge in [-0.1, -0.05) is 5.16 Å². The molecule has 0 spiro atoms. The van der Waals surface area contributed by atoms with E-state index in [0.29, 0.717) is 29.3 Å². The van der Waals surface area contributed by atoms with Crippen LogP contribution in [0.4, 0.5) is 0 Å². The Morgan fingerprint density at radius 3 is 3.04 bits per heavy atom. The Hall–Kier alpha value is -3.04. The number of carbonyl (C=O) groups excluding carboxylic acids is 1. The lowest BCUT2D eigenvalue weighted by Gasteiger charge is -2.22. The summed E-state index contributed by atoms with van der Waals surface area (Å²) >= 11 is 0. The molecule has 1 amide bonds. The zero-order valence-electron chi connectivity index (χ0n) is 13.9. The van der Waals surface area contributed by atoms with E-state index in [4.69, 9.17) is 4.52 Å². The molecular formula is C15H17N7O3. The van der Waals surface area contributed by atoms with Gasteiger partial charge in [0.1, 0.15) is 18.3 Å².